The maximum absolute atomic E-state index is 12.0. The molecule has 2 atom stereocenters. The average Bonchev–Trinajstić information content (AvgIpc) is 2.99. The van der Waals surface area contributed by atoms with Crippen LogP contribution in [-0.4, -0.2) is 45.7 Å². The number of nitrogens with one attached hydrogen (secondary N) is 1. The Bertz CT molecular complexity index is 709. The quantitative estimate of drug-likeness (QED) is 0.831. The molecule has 116 valence electrons. The van der Waals surface area contributed by atoms with Gasteiger partial charge < -0.3 is 19.7 Å². The van der Waals surface area contributed by atoms with Crippen LogP contribution in [0.4, 0.5) is 0 Å². The second-order valence-corrected chi connectivity index (χ2v) is 5.46. The van der Waals surface area contributed by atoms with Gasteiger partial charge in [0.2, 0.25) is 5.91 Å². The molecule has 1 fully saturated rings. The molecule has 2 N–H and O–H groups in total. The Morgan fingerprint density at radius 3 is 3.00 bits per heavy atom. The van der Waals surface area contributed by atoms with Gasteiger partial charge in [0.05, 0.1) is 6.42 Å². The molecule has 6 nitrogen and oxygen atoms in total. The fourth-order valence-corrected chi connectivity index (χ4v) is 2.90. The van der Waals surface area contributed by atoms with E-state index in [1.165, 1.54) is 11.8 Å². The molecular formula is C16H18N2O4. The first-order valence-corrected chi connectivity index (χ1v) is 7.26. The maximum atomic E-state index is 12.0. The Morgan fingerprint density at radius 2 is 2.23 bits per heavy atom. The molecule has 1 aliphatic heterocycles. The summed E-state index contributed by atoms with van der Waals surface area (Å²) in [4.78, 5) is 27.5. The lowest BCUT2D eigenvalue weighted by molar-refractivity contribution is -0.155. The number of aromatic amines is 1. The molecule has 1 aromatic carbocycles. The summed E-state index contributed by atoms with van der Waals surface area (Å²) in [5.41, 5.74) is 2.13. The number of para-hydroxylation sites is 1. The summed E-state index contributed by atoms with van der Waals surface area (Å²) >= 11 is 0. The normalized spacial score (nSPS) is 21.5. The van der Waals surface area contributed by atoms with Gasteiger partial charge in [-0.2, -0.15) is 0 Å². The van der Waals surface area contributed by atoms with Crippen molar-refractivity contribution in [1.29, 1.82) is 0 Å². The van der Waals surface area contributed by atoms with Gasteiger partial charge in [0, 0.05) is 30.6 Å². The summed E-state index contributed by atoms with van der Waals surface area (Å²) in [7, 11) is 0. The van der Waals surface area contributed by atoms with Crippen LogP contribution in [0.3, 0.4) is 0 Å². The van der Waals surface area contributed by atoms with Gasteiger partial charge in [0.25, 0.3) is 0 Å². The van der Waals surface area contributed by atoms with Crippen LogP contribution in [0.25, 0.3) is 10.9 Å². The molecular weight excluding hydrogens is 284 g/mol. The number of hydrogen-bond acceptors (Lipinski definition) is 4. The Hall–Kier alpha value is -2.34. The van der Waals surface area contributed by atoms with E-state index in [0.29, 0.717) is 13.0 Å². The van der Waals surface area contributed by atoms with Crippen molar-refractivity contribution in [3.8, 4) is 0 Å². The number of aromatic nitrogens is 1. The van der Waals surface area contributed by atoms with Crippen molar-refractivity contribution >= 4 is 22.8 Å². The van der Waals surface area contributed by atoms with Crippen LogP contribution < -0.4 is 0 Å². The molecule has 0 bridgehead atoms. The lowest BCUT2D eigenvalue weighted by Gasteiger charge is -2.22. The topological polar surface area (TPSA) is 82.6 Å². The molecule has 3 rings (SSSR count). The zero-order valence-electron chi connectivity index (χ0n) is 12.3. The number of hydrogen-bond donors (Lipinski definition) is 2. The monoisotopic (exact) mass is 302 g/mol. The zero-order valence-corrected chi connectivity index (χ0v) is 12.3. The van der Waals surface area contributed by atoms with E-state index in [1.54, 1.807) is 0 Å². The highest BCUT2D eigenvalue weighted by atomic mass is 16.6. The van der Waals surface area contributed by atoms with Gasteiger partial charge >= 0.3 is 5.97 Å². The summed E-state index contributed by atoms with van der Waals surface area (Å²) in [6, 6.07) is 7.93. The molecule has 1 saturated heterocycles. The number of fused-ring (bicyclic) bond motifs is 1. The maximum Gasteiger partial charge on any atom is 0.303 e. The minimum Gasteiger partial charge on any atom is -0.457 e. The predicted octanol–water partition coefficient (Wildman–Crippen LogP) is 1.19. The third kappa shape index (κ3) is 2.69. The van der Waals surface area contributed by atoms with Crippen LogP contribution in [0.5, 0.6) is 0 Å². The van der Waals surface area contributed by atoms with Crippen LogP contribution in [0, 0.1) is 0 Å². The third-order valence-electron chi connectivity index (χ3n) is 3.96. The largest absolute Gasteiger partial charge is 0.457 e. The van der Waals surface area contributed by atoms with Gasteiger partial charge in [-0.3, -0.25) is 9.59 Å². The van der Waals surface area contributed by atoms with E-state index < -0.39 is 18.3 Å². The molecule has 6 heteroatoms. The number of ether oxygens (including phenoxy) is 1. The fraction of sp³-hybridized carbons (Fsp3) is 0.375. The molecule has 1 aromatic heterocycles. The lowest BCUT2D eigenvalue weighted by Crippen LogP contribution is -2.39. The summed E-state index contributed by atoms with van der Waals surface area (Å²) in [6.45, 7) is 1.66. The molecule has 0 radical (unpaired) electrons. The molecule has 1 aliphatic rings. The molecule has 0 spiro atoms. The average molecular weight is 302 g/mol. The van der Waals surface area contributed by atoms with Crippen molar-refractivity contribution in [2.75, 3.05) is 6.54 Å². The summed E-state index contributed by atoms with van der Waals surface area (Å²) in [5, 5.41) is 11.2. The number of carbonyl (C=O) groups excluding carboxylic acids is 2. The lowest BCUT2D eigenvalue weighted by atomic mass is 10.1. The number of benzene rings is 1. The summed E-state index contributed by atoms with van der Waals surface area (Å²) in [5.74, 6) is -0.686. The number of carbonyl (C=O) groups is 2. The number of amides is 1. The first-order chi connectivity index (χ1) is 10.6. The molecule has 0 aliphatic carbocycles. The van der Waals surface area contributed by atoms with Gasteiger partial charge in [0.1, 0.15) is 0 Å². The number of likely N-dealkylation sites (tertiary alicyclic amines) is 1. The number of nitrogens with zero attached hydrogens (tertiary/aromatic N) is 1. The zero-order chi connectivity index (χ0) is 15.7. The van der Waals surface area contributed by atoms with Gasteiger partial charge in [-0.25, -0.2) is 0 Å². The van der Waals surface area contributed by atoms with Gasteiger partial charge in [-0.1, -0.05) is 18.2 Å². The van der Waals surface area contributed by atoms with Crippen LogP contribution in [-0.2, 0) is 20.7 Å². The van der Waals surface area contributed by atoms with Gasteiger partial charge in [-0.05, 0) is 18.1 Å². The van der Waals surface area contributed by atoms with E-state index in [1.807, 2.05) is 30.5 Å². The van der Waals surface area contributed by atoms with Crippen molar-refractivity contribution in [1.82, 2.24) is 9.88 Å². The number of aliphatic hydroxyl groups excluding tert-OH is 1. The highest BCUT2D eigenvalue weighted by molar-refractivity contribution is 5.83. The summed E-state index contributed by atoms with van der Waals surface area (Å²) in [6.07, 6.45) is 0.740. The molecule has 2 aromatic rings. The minimum atomic E-state index is -1.07. The molecule has 1 amide bonds. The number of aliphatic hydroxyl groups is 1. The van der Waals surface area contributed by atoms with Crippen molar-refractivity contribution in [3.63, 3.8) is 0 Å². The van der Waals surface area contributed by atoms with Gasteiger partial charge in [0.15, 0.2) is 12.3 Å². The first-order valence-electron chi connectivity index (χ1n) is 7.26. The van der Waals surface area contributed by atoms with Crippen molar-refractivity contribution < 1.29 is 19.4 Å². The summed E-state index contributed by atoms with van der Waals surface area (Å²) < 4.78 is 4.97. The minimum absolute atomic E-state index is 0.0363. The number of rotatable bonds is 4. The predicted molar refractivity (Wildman–Crippen MR) is 79.9 cm³/mol. The Morgan fingerprint density at radius 1 is 1.45 bits per heavy atom. The van der Waals surface area contributed by atoms with Crippen molar-refractivity contribution in [3.05, 3.63) is 36.0 Å². The number of H-pyrrole nitrogens is 1. The second-order valence-electron chi connectivity index (χ2n) is 5.46. The van der Waals surface area contributed by atoms with E-state index >= 15 is 0 Å². The standard InChI is InChI=1S/C16H18N2O4/c1-10(19)22-14-8-15(20)18(16(14)21)7-6-11-9-17-13-5-3-2-4-12(11)13/h2-5,9,14,16-17,21H,6-8H2,1H3/t14-,16?/m1/s1. The van der Waals surface area contributed by atoms with Crippen LogP contribution in [0.15, 0.2) is 30.5 Å². The smallest absolute Gasteiger partial charge is 0.303 e. The Labute approximate surface area is 127 Å². The SMILES string of the molecule is CC(=O)O[C@@H]1CC(=O)N(CCc2c[nH]c3ccccc23)C1O. The fourth-order valence-electron chi connectivity index (χ4n) is 2.90. The first kappa shape index (κ1) is 14.6. The Kier molecular flexibility index (Phi) is 3.85. The molecule has 2 heterocycles. The van der Waals surface area contributed by atoms with Crippen LogP contribution in [0.2, 0.25) is 0 Å². The highest BCUT2D eigenvalue weighted by Gasteiger charge is 2.40. The van der Waals surface area contributed by atoms with Crippen LogP contribution >= 0.6 is 0 Å². The Balaban J connectivity index is 1.68. The van der Waals surface area contributed by atoms with Crippen LogP contribution in [0.1, 0.15) is 18.9 Å². The second kappa shape index (κ2) is 5.81. The number of esters is 1. The van der Waals surface area contributed by atoms with E-state index in [-0.39, 0.29) is 12.3 Å². The van der Waals surface area contributed by atoms with Crippen molar-refractivity contribution in [2.45, 2.75) is 32.1 Å². The van der Waals surface area contributed by atoms with Crippen molar-refractivity contribution in [2.24, 2.45) is 0 Å². The van der Waals surface area contributed by atoms with E-state index in [4.69, 9.17) is 4.74 Å². The van der Waals surface area contributed by atoms with E-state index in [2.05, 4.69) is 4.98 Å². The van der Waals surface area contributed by atoms with Gasteiger partial charge in [-0.15, -0.1) is 0 Å². The highest BCUT2D eigenvalue weighted by Crippen LogP contribution is 2.23. The molecule has 1 unspecified atom stereocenters. The molecule has 0 saturated carbocycles. The van der Waals surface area contributed by atoms with E-state index in [9.17, 15) is 14.7 Å². The van der Waals surface area contributed by atoms with E-state index in [0.717, 1.165) is 16.5 Å². The third-order valence-corrected chi connectivity index (χ3v) is 3.96. The molecule has 22 heavy (non-hydrogen) atoms.